The zero-order chi connectivity index (χ0) is 21.9. The van der Waals surface area contributed by atoms with Crippen LogP contribution in [0.15, 0.2) is 41.0 Å². The van der Waals surface area contributed by atoms with Crippen LogP contribution in [0.5, 0.6) is 0 Å². The van der Waals surface area contributed by atoms with Crippen molar-refractivity contribution in [2.45, 2.75) is 45.6 Å². The van der Waals surface area contributed by atoms with E-state index in [1.165, 1.54) is 14.2 Å². The van der Waals surface area contributed by atoms with Crippen molar-refractivity contribution >= 4 is 24.0 Å². The van der Waals surface area contributed by atoms with Gasteiger partial charge in [-0.25, -0.2) is 4.79 Å². The number of esters is 1. The van der Waals surface area contributed by atoms with Gasteiger partial charge in [0, 0.05) is 7.11 Å². The summed E-state index contributed by atoms with van der Waals surface area (Å²) >= 11 is 0. The highest BCUT2D eigenvalue weighted by molar-refractivity contribution is 6.11. The molecule has 0 aromatic heterocycles. The quantitative estimate of drug-likeness (QED) is 0.405. The zero-order valence-corrected chi connectivity index (χ0v) is 18.3. The molecule has 1 aliphatic rings. The van der Waals surface area contributed by atoms with E-state index in [0.717, 1.165) is 31.2 Å². The van der Waals surface area contributed by atoms with E-state index < -0.39 is 18.0 Å². The van der Waals surface area contributed by atoms with E-state index in [9.17, 15) is 9.59 Å². The van der Waals surface area contributed by atoms with E-state index in [1.54, 1.807) is 11.0 Å². The van der Waals surface area contributed by atoms with Gasteiger partial charge in [-0.3, -0.25) is 9.69 Å². The SMILES string of the molecule is CCCCC(CC)COC(=O)C(CN1C(=Cc2ccccc2)C(=O)N=C1OC)OC. The molecular formula is C23H32N2O5. The Morgan fingerprint density at radius 3 is 2.53 bits per heavy atom. The first-order valence-electron chi connectivity index (χ1n) is 10.4. The molecular weight excluding hydrogens is 384 g/mol. The van der Waals surface area contributed by atoms with Gasteiger partial charge in [0.15, 0.2) is 6.10 Å². The van der Waals surface area contributed by atoms with Crippen molar-refractivity contribution in [3.63, 3.8) is 0 Å². The van der Waals surface area contributed by atoms with Crippen molar-refractivity contribution in [3.05, 3.63) is 41.6 Å². The van der Waals surface area contributed by atoms with Crippen LogP contribution in [0.2, 0.25) is 0 Å². The number of carbonyl (C=O) groups is 2. The number of ether oxygens (including phenoxy) is 3. The first-order chi connectivity index (χ1) is 14.5. The summed E-state index contributed by atoms with van der Waals surface area (Å²) in [5, 5.41) is 0. The molecule has 0 radical (unpaired) electrons. The number of benzene rings is 1. The lowest BCUT2D eigenvalue weighted by Gasteiger charge is -2.24. The van der Waals surface area contributed by atoms with Gasteiger partial charge in [0.05, 0.1) is 20.3 Å². The molecule has 7 heteroatoms. The van der Waals surface area contributed by atoms with Crippen LogP contribution in [-0.2, 0) is 23.8 Å². The molecule has 1 aromatic carbocycles. The summed E-state index contributed by atoms with van der Waals surface area (Å²) in [7, 11) is 2.88. The minimum atomic E-state index is -0.876. The van der Waals surface area contributed by atoms with Crippen LogP contribution in [0.4, 0.5) is 0 Å². The van der Waals surface area contributed by atoms with E-state index in [2.05, 4.69) is 18.8 Å². The van der Waals surface area contributed by atoms with Crippen molar-refractivity contribution in [2.75, 3.05) is 27.4 Å². The highest BCUT2D eigenvalue weighted by Gasteiger charge is 2.35. The molecule has 2 rings (SSSR count). The molecule has 164 valence electrons. The standard InChI is InChI=1S/C23H32N2O5/c1-5-7-11-17(6-2)16-30-22(27)20(28-3)15-25-19(21(26)24-23(25)29-4)14-18-12-9-8-10-13-18/h8-10,12-14,17,20H,5-7,11,15-16H2,1-4H3. The van der Waals surface area contributed by atoms with E-state index in [1.807, 2.05) is 30.3 Å². The second-order valence-electron chi connectivity index (χ2n) is 7.23. The molecule has 1 amide bonds. The third kappa shape index (κ3) is 6.42. The van der Waals surface area contributed by atoms with Crippen molar-refractivity contribution < 1.29 is 23.8 Å². The second kappa shape index (κ2) is 12.1. The summed E-state index contributed by atoms with van der Waals surface area (Å²) in [6.07, 6.45) is 5.05. The first kappa shape index (κ1) is 23.6. The van der Waals surface area contributed by atoms with Crippen LogP contribution in [0.3, 0.4) is 0 Å². The molecule has 1 aliphatic heterocycles. The minimum absolute atomic E-state index is 0.0676. The monoisotopic (exact) mass is 416 g/mol. The molecule has 0 fully saturated rings. The van der Waals surface area contributed by atoms with Crippen LogP contribution in [0.25, 0.3) is 6.08 Å². The average molecular weight is 417 g/mol. The van der Waals surface area contributed by atoms with Crippen molar-refractivity contribution in [3.8, 4) is 0 Å². The number of hydrogen-bond donors (Lipinski definition) is 0. The molecule has 30 heavy (non-hydrogen) atoms. The molecule has 0 N–H and O–H groups in total. The predicted molar refractivity (Wildman–Crippen MR) is 116 cm³/mol. The number of nitrogens with zero attached hydrogens (tertiary/aromatic N) is 2. The number of aliphatic imine (C=N–C) groups is 1. The Bertz CT molecular complexity index is 760. The van der Waals surface area contributed by atoms with Crippen molar-refractivity contribution in [1.82, 2.24) is 4.90 Å². The van der Waals surface area contributed by atoms with Crippen LogP contribution in [-0.4, -0.2) is 56.3 Å². The maximum Gasteiger partial charge on any atom is 0.337 e. The first-order valence-corrected chi connectivity index (χ1v) is 10.4. The summed E-state index contributed by atoms with van der Waals surface area (Å²) in [4.78, 5) is 30.6. The van der Waals surface area contributed by atoms with Crippen molar-refractivity contribution in [1.29, 1.82) is 0 Å². The maximum atomic E-state index is 12.6. The van der Waals surface area contributed by atoms with Crippen LogP contribution in [0.1, 0.15) is 45.1 Å². The fourth-order valence-corrected chi connectivity index (χ4v) is 3.20. The van der Waals surface area contributed by atoms with E-state index in [0.29, 0.717) is 18.2 Å². The molecule has 0 bridgehead atoms. The molecule has 0 saturated heterocycles. The summed E-state index contributed by atoms with van der Waals surface area (Å²) in [6, 6.07) is 9.55. The van der Waals surface area contributed by atoms with Crippen LogP contribution < -0.4 is 0 Å². The summed E-state index contributed by atoms with van der Waals surface area (Å²) in [5.41, 5.74) is 1.17. The third-order valence-corrected chi connectivity index (χ3v) is 5.12. The van der Waals surface area contributed by atoms with Gasteiger partial charge in [0.2, 0.25) is 0 Å². The fraction of sp³-hybridized carbons (Fsp3) is 0.522. The third-order valence-electron chi connectivity index (χ3n) is 5.12. The predicted octanol–water partition coefficient (Wildman–Crippen LogP) is 3.65. The van der Waals surface area contributed by atoms with Gasteiger partial charge in [-0.1, -0.05) is 63.4 Å². The normalized spacial score (nSPS) is 17.1. The summed E-state index contributed by atoms with van der Waals surface area (Å²) < 4.78 is 16.2. The van der Waals surface area contributed by atoms with E-state index in [-0.39, 0.29) is 12.6 Å². The Labute approximate surface area is 178 Å². The number of hydrogen-bond acceptors (Lipinski definition) is 6. The van der Waals surface area contributed by atoms with Gasteiger partial charge in [0.1, 0.15) is 5.70 Å². The topological polar surface area (TPSA) is 77.4 Å². The molecule has 0 saturated carbocycles. The van der Waals surface area contributed by atoms with Gasteiger partial charge in [0.25, 0.3) is 11.9 Å². The largest absolute Gasteiger partial charge is 0.468 e. The number of methoxy groups -OCH3 is 2. The lowest BCUT2D eigenvalue weighted by atomic mass is 10.0. The molecule has 0 aliphatic carbocycles. The molecule has 0 spiro atoms. The Kier molecular flexibility index (Phi) is 9.54. The Morgan fingerprint density at radius 1 is 1.20 bits per heavy atom. The Morgan fingerprint density at radius 2 is 1.93 bits per heavy atom. The summed E-state index contributed by atoms with van der Waals surface area (Å²) in [5.74, 6) is -0.546. The number of amidine groups is 1. The minimum Gasteiger partial charge on any atom is -0.468 e. The van der Waals surface area contributed by atoms with Crippen molar-refractivity contribution in [2.24, 2.45) is 10.9 Å². The second-order valence-corrected chi connectivity index (χ2v) is 7.23. The number of rotatable bonds is 11. The van der Waals surface area contributed by atoms with Gasteiger partial charge >= 0.3 is 5.97 Å². The maximum absolute atomic E-state index is 12.6. The number of carbonyl (C=O) groups excluding carboxylic acids is 2. The van der Waals surface area contributed by atoms with E-state index >= 15 is 0 Å². The van der Waals surface area contributed by atoms with Crippen LogP contribution >= 0.6 is 0 Å². The highest BCUT2D eigenvalue weighted by Crippen LogP contribution is 2.21. The molecule has 7 nitrogen and oxygen atoms in total. The highest BCUT2D eigenvalue weighted by atomic mass is 16.6. The number of amides is 1. The molecule has 1 heterocycles. The molecule has 2 atom stereocenters. The van der Waals surface area contributed by atoms with Gasteiger partial charge < -0.3 is 14.2 Å². The molecule has 2 unspecified atom stereocenters. The Hall–Kier alpha value is -2.67. The van der Waals surface area contributed by atoms with Gasteiger partial charge in [-0.15, -0.1) is 0 Å². The van der Waals surface area contributed by atoms with Crippen LogP contribution in [0, 0.1) is 5.92 Å². The smallest absolute Gasteiger partial charge is 0.337 e. The summed E-state index contributed by atoms with van der Waals surface area (Å²) in [6.45, 7) is 4.68. The fourth-order valence-electron chi connectivity index (χ4n) is 3.20. The number of unbranched alkanes of at least 4 members (excludes halogenated alkanes) is 1. The Balaban J connectivity index is 2.10. The zero-order valence-electron chi connectivity index (χ0n) is 18.3. The lowest BCUT2D eigenvalue weighted by Crippen LogP contribution is -2.41. The van der Waals surface area contributed by atoms with Gasteiger partial charge in [-0.05, 0) is 24.0 Å². The lowest BCUT2D eigenvalue weighted by molar-refractivity contribution is -0.157. The average Bonchev–Trinajstić information content (AvgIpc) is 3.06. The molecule has 1 aromatic rings. The van der Waals surface area contributed by atoms with Gasteiger partial charge in [-0.2, -0.15) is 4.99 Å². The van der Waals surface area contributed by atoms with E-state index in [4.69, 9.17) is 14.2 Å².